The summed E-state index contributed by atoms with van der Waals surface area (Å²) >= 11 is 5.80. The summed E-state index contributed by atoms with van der Waals surface area (Å²) < 4.78 is 26.0. The molecule has 0 saturated carbocycles. The first-order chi connectivity index (χ1) is 9.25. The lowest BCUT2D eigenvalue weighted by Crippen LogP contribution is -2.56. The van der Waals surface area contributed by atoms with E-state index in [0.717, 1.165) is 0 Å². The van der Waals surface area contributed by atoms with Gasteiger partial charge in [0.2, 0.25) is 10.0 Å². The van der Waals surface area contributed by atoms with Gasteiger partial charge >= 0.3 is 5.97 Å². The van der Waals surface area contributed by atoms with Gasteiger partial charge in [-0.1, -0.05) is 17.7 Å². The molecule has 3 N–H and O–H groups in total. The zero-order valence-corrected chi connectivity index (χ0v) is 12.2. The summed E-state index contributed by atoms with van der Waals surface area (Å²) in [4.78, 5) is 11.1. The van der Waals surface area contributed by atoms with E-state index >= 15 is 0 Å². The predicted octanol–water partition coefficient (Wildman–Crippen LogP) is 0.907. The second kappa shape index (κ2) is 5.33. The minimum atomic E-state index is -3.66. The van der Waals surface area contributed by atoms with Crippen molar-refractivity contribution in [2.24, 2.45) is 5.73 Å². The largest absolute Gasteiger partial charge is 0.480 e. The number of hydrogen-bond donors (Lipinski definition) is 2. The van der Waals surface area contributed by atoms with Crippen LogP contribution in [-0.4, -0.2) is 42.4 Å². The van der Waals surface area contributed by atoms with E-state index < -0.39 is 21.5 Å². The predicted molar refractivity (Wildman–Crippen MR) is 74.0 cm³/mol. The number of carbonyl (C=O) groups is 1. The normalized spacial score (nSPS) is 19.7. The second-order valence-corrected chi connectivity index (χ2v) is 7.20. The summed E-state index contributed by atoms with van der Waals surface area (Å²) in [7, 11) is -3.66. The van der Waals surface area contributed by atoms with E-state index in [1.54, 1.807) is 12.1 Å². The van der Waals surface area contributed by atoms with Gasteiger partial charge in [-0.15, -0.1) is 0 Å². The Kier molecular flexibility index (Phi) is 4.06. The van der Waals surface area contributed by atoms with Crippen molar-refractivity contribution in [3.8, 4) is 0 Å². The maximum absolute atomic E-state index is 12.4. The lowest BCUT2D eigenvalue weighted by molar-refractivity contribution is -0.144. The molecule has 0 aromatic heterocycles. The molecule has 0 bridgehead atoms. The molecule has 8 heteroatoms. The molecule has 6 nitrogen and oxygen atoms in total. The van der Waals surface area contributed by atoms with Gasteiger partial charge in [0.05, 0.1) is 4.90 Å². The van der Waals surface area contributed by atoms with Crippen LogP contribution in [0.25, 0.3) is 0 Å². The van der Waals surface area contributed by atoms with Crippen LogP contribution in [0.4, 0.5) is 0 Å². The zero-order valence-electron chi connectivity index (χ0n) is 10.6. The van der Waals surface area contributed by atoms with E-state index in [1.165, 1.54) is 16.4 Å². The summed E-state index contributed by atoms with van der Waals surface area (Å²) in [5.74, 6) is -1.10. The number of halogens is 1. The number of nitrogens with two attached hydrogens (primary N) is 1. The number of carboxylic acids is 1. The van der Waals surface area contributed by atoms with Gasteiger partial charge in [-0.3, -0.25) is 4.79 Å². The van der Waals surface area contributed by atoms with Crippen LogP contribution in [0.3, 0.4) is 0 Å². The van der Waals surface area contributed by atoms with Gasteiger partial charge in [-0.25, -0.2) is 8.42 Å². The molecule has 110 valence electrons. The van der Waals surface area contributed by atoms with Crippen molar-refractivity contribution < 1.29 is 18.3 Å². The van der Waals surface area contributed by atoms with Crippen LogP contribution >= 0.6 is 11.6 Å². The van der Waals surface area contributed by atoms with Crippen LogP contribution in [0.1, 0.15) is 12.8 Å². The highest BCUT2D eigenvalue weighted by Crippen LogP contribution is 2.26. The molecule has 1 aliphatic heterocycles. The van der Waals surface area contributed by atoms with Crippen molar-refractivity contribution in [1.29, 1.82) is 0 Å². The third kappa shape index (κ3) is 2.80. The number of hydrogen-bond acceptors (Lipinski definition) is 4. The van der Waals surface area contributed by atoms with Crippen molar-refractivity contribution in [3.05, 3.63) is 29.3 Å². The monoisotopic (exact) mass is 318 g/mol. The summed E-state index contributed by atoms with van der Waals surface area (Å²) in [6.07, 6.45) is 0.171. The number of aliphatic carboxylic acids is 1. The first kappa shape index (κ1) is 15.2. The fourth-order valence-corrected chi connectivity index (χ4v) is 3.86. The molecule has 0 amide bonds. The Morgan fingerprint density at radius 1 is 1.35 bits per heavy atom. The summed E-state index contributed by atoms with van der Waals surface area (Å²) in [5.41, 5.74) is 4.38. The molecule has 1 aliphatic rings. The van der Waals surface area contributed by atoms with Gasteiger partial charge in [-0.2, -0.15) is 4.31 Å². The number of rotatable bonds is 3. The minimum absolute atomic E-state index is 0.0810. The minimum Gasteiger partial charge on any atom is -0.480 e. The van der Waals surface area contributed by atoms with Crippen LogP contribution in [0.5, 0.6) is 0 Å². The van der Waals surface area contributed by atoms with Crippen molar-refractivity contribution in [2.75, 3.05) is 13.1 Å². The number of piperidine rings is 1. The van der Waals surface area contributed by atoms with E-state index in [4.69, 9.17) is 22.4 Å². The molecule has 2 rings (SSSR count). The van der Waals surface area contributed by atoms with Crippen LogP contribution in [0.15, 0.2) is 29.2 Å². The van der Waals surface area contributed by atoms with E-state index in [-0.39, 0.29) is 30.8 Å². The lowest BCUT2D eigenvalue weighted by Gasteiger charge is -2.35. The molecule has 0 atom stereocenters. The molecule has 0 unspecified atom stereocenters. The smallest absolute Gasteiger partial charge is 0.323 e. The molecule has 20 heavy (non-hydrogen) atoms. The Morgan fingerprint density at radius 3 is 2.45 bits per heavy atom. The van der Waals surface area contributed by atoms with Crippen molar-refractivity contribution in [1.82, 2.24) is 4.31 Å². The Balaban J connectivity index is 2.20. The standard InChI is InChI=1S/C12H15ClN2O4S/c13-9-2-1-3-10(8-9)20(18,19)15-6-4-12(14,5-7-15)11(16)17/h1-3,8H,4-7,14H2,(H,16,17). The Bertz CT molecular complexity index is 624. The molecule has 0 radical (unpaired) electrons. The van der Waals surface area contributed by atoms with E-state index in [0.29, 0.717) is 5.02 Å². The average molecular weight is 319 g/mol. The van der Waals surface area contributed by atoms with E-state index in [1.807, 2.05) is 0 Å². The maximum atomic E-state index is 12.4. The zero-order chi connectivity index (χ0) is 15.0. The van der Waals surface area contributed by atoms with Gasteiger partial charge < -0.3 is 10.8 Å². The number of nitrogens with zero attached hydrogens (tertiary/aromatic N) is 1. The molecule has 0 spiro atoms. The van der Waals surface area contributed by atoms with Gasteiger partial charge in [0.1, 0.15) is 5.54 Å². The average Bonchev–Trinajstić information content (AvgIpc) is 2.39. The Morgan fingerprint density at radius 2 is 1.95 bits per heavy atom. The molecular formula is C12H15ClN2O4S. The van der Waals surface area contributed by atoms with E-state index in [9.17, 15) is 13.2 Å². The highest BCUT2D eigenvalue weighted by atomic mass is 35.5. The second-order valence-electron chi connectivity index (χ2n) is 4.82. The topological polar surface area (TPSA) is 101 Å². The lowest BCUT2D eigenvalue weighted by atomic mass is 9.90. The Hall–Kier alpha value is -1.15. The third-order valence-corrected chi connectivity index (χ3v) is 5.60. The van der Waals surface area contributed by atoms with E-state index in [2.05, 4.69) is 0 Å². The summed E-state index contributed by atoms with van der Waals surface area (Å²) in [5, 5.41) is 9.36. The highest BCUT2D eigenvalue weighted by molar-refractivity contribution is 7.89. The third-order valence-electron chi connectivity index (χ3n) is 3.47. The molecule has 1 aromatic rings. The van der Waals surface area contributed by atoms with Gasteiger partial charge in [0.15, 0.2) is 0 Å². The van der Waals surface area contributed by atoms with Crippen LogP contribution in [0, 0.1) is 0 Å². The fourth-order valence-electron chi connectivity index (χ4n) is 2.12. The maximum Gasteiger partial charge on any atom is 0.323 e. The first-order valence-corrected chi connectivity index (χ1v) is 7.85. The number of carboxylic acid groups (broad SMARTS) is 1. The van der Waals surface area contributed by atoms with Crippen molar-refractivity contribution >= 4 is 27.6 Å². The number of benzene rings is 1. The fraction of sp³-hybridized carbons (Fsp3) is 0.417. The van der Waals surface area contributed by atoms with Crippen LogP contribution in [0.2, 0.25) is 5.02 Å². The quantitative estimate of drug-likeness (QED) is 0.862. The molecule has 1 aromatic carbocycles. The van der Waals surface area contributed by atoms with Gasteiger partial charge in [0, 0.05) is 18.1 Å². The molecule has 0 aliphatic carbocycles. The summed E-state index contributed by atoms with van der Waals surface area (Å²) in [6, 6.07) is 5.98. The molecule has 1 heterocycles. The van der Waals surface area contributed by atoms with Crippen LogP contribution in [-0.2, 0) is 14.8 Å². The van der Waals surface area contributed by atoms with Gasteiger partial charge in [-0.05, 0) is 31.0 Å². The Labute approximate surface area is 122 Å². The molecular weight excluding hydrogens is 304 g/mol. The highest BCUT2D eigenvalue weighted by Gasteiger charge is 2.40. The molecule has 1 fully saturated rings. The first-order valence-electron chi connectivity index (χ1n) is 6.04. The van der Waals surface area contributed by atoms with Crippen molar-refractivity contribution in [3.63, 3.8) is 0 Å². The van der Waals surface area contributed by atoms with Crippen molar-refractivity contribution in [2.45, 2.75) is 23.3 Å². The summed E-state index contributed by atoms with van der Waals surface area (Å²) in [6.45, 7) is 0.162. The van der Waals surface area contributed by atoms with Crippen LogP contribution < -0.4 is 5.73 Å². The number of sulfonamides is 1. The van der Waals surface area contributed by atoms with Gasteiger partial charge in [0.25, 0.3) is 0 Å². The molecule has 1 saturated heterocycles. The SMILES string of the molecule is NC1(C(=O)O)CCN(S(=O)(=O)c2cccc(Cl)c2)CC1.